The summed E-state index contributed by atoms with van der Waals surface area (Å²) in [7, 11) is -5.83. The SMILES string of the molecule is Cc1ccc(-c2sc3cc(OS(=O)(=O)C(F)(F)F)ccc3c2C(=O)c2ccc(OCCN3CCCCC3)cc2)cc1. The van der Waals surface area contributed by atoms with Crippen LogP contribution in [0.15, 0.2) is 66.7 Å². The van der Waals surface area contributed by atoms with Crippen LogP contribution in [0.25, 0.3) is 20.5 Å². The normalized spacial score (nSPS) is 14.7. The van der Waals surface area contributed by atoms with Crippen molar-refractivity contribution in [1.82, 2.24) is 4.90 Å². The Labute approximate surface area is 240 Å². The number of halogens is 3. The third-order valence-corrected chi connectivity index (χ3v) is 9.11. The van der Waals surface area contributed by atoms with E-state index in [0.29, 0.717) is 38.4 Å². The summed E-state index contributed by atoms with van der Waals surface area (Å²) < 4.78 is 72.3. The summed E-state index contributed by atoms with van der Waals surface area (Å²) >= 11 is 1.17. The molecule has 0 bridgehead atoms. The number of aryl methyl sites for hydroxylation is 1. The van der Waals surface area contributed by atoms with Crippen molar-refractivity contribution in [1.29, 1.82) is 0 Å². The fourth-order valence-electron chi connectivity index (χ4n) is 4.76. The van der Waals surface area contributed by atoms with Crippen LogP contribution in [0, 0.1) is 6.92 Å². The highest BCUT2D eigenvalue weighted by molar-refractivity contribution is 7.88. The second kappa shape index (κ2) is 11.8. The van der Waals surface area contributed by atoms with Crippen molar-refractivity contribution < 1.29 is 35.3 Å². The van der Waals surface area contributed by atoms with Crippen molar-refractivity contribution in [2.75, 3.05) is 26.2 Å². The molecule has 1 aromatic heterocycles. The summed E-state index contributed by atoms with van der Waals surface area (Å²) in [6.45, 7) is 5.49. The monoisotopic (exact) mass is 603 g/mol. The topological polar surface area (TPSA) is 72.9 Å². The maximum absolute atomic E-state index is 13.8. The third kappa shape index (κ3) is 6.58. The summed E-state index contributed by atoms with van der Waals surface area (Å²) in [6, 6.07) is 18.1. The molecule has 1 aliphatic rings. The second-order valence-corrected chi connectivity index (χ2v) is 12.5. The van der Waals surface area contributed by atoms with Crippen molar-refractivity contribution in [3.05, 3.63) is 83.4 Å². The van der Waals surface area contributed by atoms with Gasteiger partial charge in [-0.05, 0) is 80.9 Å². The molecule has 0 aliphatic carbocycles. The van der Waals surface area contributed by atoms with Gasteiger partial charge in [-0.3, -0.25) is 9.69 Å². The summed E-state index contributed by atoms with van der Waals surface area (Å²) in [5.41, 5.74) is -3.00. The molecule has 3 aromatic carbocycles. The molecule has 0 radical (unpaired) electrons. The number of thiophene rings is 1. The Hall–Kier alpha value is -3.41. The van der Waals surface area contributed by atoms with Crippen LogP contribution in [0.3, 0.4) is 0 Å². The van der Waals surface area contributed by atoms with E-state index < -0.39 is 21.4 Å². The average molecular weight is 604 g/mol. The molecular formula is C30H28F3NO5S2. The van der Waals surface area contributed by atoms with Crippen LogP contribution in [0.1, 0.15) is 40.7 Å². The maximum atomic E-state index is 13.8. The molecule has 4 aromatic rings. The fourth-order valence-corrected chi connectivity index (χ4v) is 6.44. The first-order valence-electron chi connectivity index (χ1n) is 13.2. The van der Waals surface area contributed by atoms with Gasteiger partial charge in [-0.25, -0.2) is 0 Å². The lowest BCUT2D eigenvalue weighted by Crippen LogP contribution is -2.33. The summed E-state index contributed by atoms with van der Waals surface area (Å²) in [6.07, 6.45) is 3.69. The lowest BCUT2D eigenvalue weighted by molar-refractivity contribution is -0.0500. The largest absolute Gasteiger partial charge is 0.534 e. The third-order valence-electron chi connectivity index (χ3n) is 6.93. The summed E-state index contributed by atoms with van der Waals surface area (Å²) in [5.74, 6) is -0.111. The van der Waals surface area contributed by atoms with Crippen molar-refractivity contribution in [3.63, 3.8) is 0 Å². The van der Waals surface area contributed by atoms with Crippen molar-refractivity contribution in [2.45, 2.75) is 31.7 Å². The molecule has 0 amide bonds. The van der Waals surface area contributed by atoms with Gasteiger partial charge >= 0.3 is 15.6 Å². The van der Waals surface area contributed by atoms with Gasteiger partial charge in [0.25, 0.3) is 0 Å². The summed E-state index contributed by atoms with van der Waals surface area (Å²) in [5, 5.41) is 0.481. The average Bonchev–Trinajstić information content (AvgIpc) is 3.32. The van der Waals surface area contributed by atoms with Crippen LogP contribution in [-0.2, 0) is 10.1 Å². The molecule has 2 heterocycles. The lowest BCUT2D eigenvalue weighted by Gasteiger charge is -2.26. The van der Waals surface area contributed by atoms with Gasteiger partial charge in [0.1, 0.15) is 18.1 Å². The van der Waals surface area contributed by atoms with Crippen LogP contribution >= 0.6 is 11.3 Å². The van der Waals surface area contributed by atoms with Gasteiger partial charge in [-0.1, -0.05) is 36.2 Å². The van der Waals surface area contributed by atoms with E-state index in [4.69, 9.17) is 4.74 Å². The molecule has 11 heteroatoms. The number of ether oxygens (including phenoxy) is 1. The van der Waals surface area contributed by atoms with E-state index in [-0.39, 0.29) is 5.78 Å². The first-order chi connectivity index (χ1) is 19.5. The highest BCUT2D eigenvalue weighted by atomic mass is 32.2. The minimum Gasteiger partial charge on any atom is -0.492 e. The van der Waals surface area contributed by atoms with Crippen LogP contribution in [-0.4, -0.2) is 50.9 Å². The van der Waals surface area contributed by atoms with E-state index in [9.17, 15) is 26.4 Å². The Balaban J connectivity index is 1.43. The molecule has 0 unspecified atom stereocenters. The molecule has 5 rings (SSSR count). The Bertz CT molecular complexity index is 1640. The number of rotatable bonds is 9. The molecule has 41 heavy (non-hydrogen) atoms. The number of alkyl halides is 3. The molecule has 0 saturated carbocycles. The number of hydrogen-bond acceptors (Lipinski definition) is 7. The van der Waals surface area contributed by atoms with Crippen molar-refractivity contribution in [3.8, 4) is 21.9 Å². The van der Waals surface area contributed by atoms with Crippen molar-refractivity contribution in [2.24, 2.45) is 0 Å². The van der Waals surface area contributed by atoms with Gasteiger partial charge < -0.3 is 8.92 Å². The van der Waals surface area contributed by atoms with E-state index in [0.717, 1.165) is 36.8 Å². The Kier molecular flexibility index (Phi) is 8.40. The number of ketones is 1. The minimum atomic E-state index is -5.83. The number of nitrogens with zero attached hydrogens (tertiary/aromatic N) is 1. The number of benzene rings is 3. The maximum Gasteiger partial charge on any atom is 0.534 e. The predicted molar refractivity (Wildman–Crippen MR) is 153 cm³/mol. The highest BCUT2D eigenvalue weighted by Crippen LogP contribution is 2.42. The van der Waals surface area contributed by atoms with Gasteiger partial charge in [-0.2, -0.15) is 21.6 Å². The number of carbonyl (C=O) groups excluding carboxylic acids is 1. The van der Waals surface area contributed by atoms with Gasteiger partial charge in [0, 0.05) is 32.6 Å². The molecule has 216 valence electrons. The fraction of sp³-hybridized carbons (Fsp3) is 0.300. The molecule has 0 N–H and O–H groups in total. The zero-order valence-corrected chi connectivity index (χ0v) is 23.9. The smallest absolute Gasteiger partial charge is 0.492 e. The second-order valence-electron chi connectivity index (χ2n) is 9.92. The van der Waals surface area contributed by atoms with Crippen LogP contribution in [0.4, 0.5) is 13.2 Å². The zero-order valence-electron chi connectivity index (χ0n) is 22.2. The molecule has 0 atom stereocenters. The number of likely N-dealkylation sites (tertiary alicyclic amines) is 1. The molecule has 1 aliphatic heterocycles. The molecule has 1 saturated heterocycles. The first-order valence-corrected chi connectivity index (χ1v) is 15.4. The van der Waals surface area contributed by atoms with Gasteiger partial charge in [0.2, 0.25) is 0 Å². The van der Waals surface area contributed by atoms with Crippen LogP contribution < -0.4 is 8.92 Å². The molecule has 1 fully saturated rings. The lowest BCUT2D eigenvalue weighted by atomic mass is 9.97. The van der Waals surface area contributed by atoms with Crippen molar-refractivity contribution >= 4 is 37.3 Å². The Morgan fingerprint density at radius 1 is 0.927 bits per heavy atom. The molecular weight excluding hydrogens is 575 g/mol. The van der Waals surface area contributed by atoms with E-state index in [2.05, 4.69) is 9.08 Å². The van der Waals surface area contributed by atoms with E-state index in [1.165, 1.54) is 42.7 Å². The van der Waals surface area contributed by atoms with E-state index in [1.54, 1.807) is 24.3 Å². The van der Waals surface area contributed by atoms with Gasteiger partial charge in [0.15, 0.2) is 5.78 Å². The Morgan fingerprint density at radius 3 is 2.24 bits per heavy atom. The van der Waals surface area contributed by atoms with Gasteiger partial charge in [0.05, 0.1) is 0 Å². The number of hydrogen-bond donors (Lipinski definition) is 0. The predicted octanol–water partition coefficient (Wildman–Crippen LogP) is 7.20. The number of fused-ring (bicyclic) bond motifs is 1. The van der Waals surface area contributed by atoms with Crippen LogP contribution in [0.2, 0.25) is 0 Å². The first kappa shape index (κ1) is 29.1. The zero-order chi connectivity index (χ0) is 29.2. The van der Waals surface area contributed by atoms with E-state index >= 15 is 0 Å². The quantitative estimate of drug-likeness (QED) is 0.114. The van der Waals surface area contributed by atoms with Crippen LogP contribution in [0.5, 0.6) is 11.5 Å². The number of carbonyl (C=O) groups is 1. The van der Waals surface area contributed by atoms with Gasteiger partial charge in [-0.15, -0.1) is 11.3 Å². The molecule has 0 spiro atoms. The highest BCUT2D eigenvalue weighted by Gasteiger charge is 2.48. The Morgan fingerprint density at radius 2 is 1.59 bits per heavy atom. The minimum absolute atomic E-state index is 0.275. The van der Waals surface area contributed by atoms with E-state index in [1.807, 2.05) is 31.2 Å². The standard InChI is InChI=1S/C30H28F3NO5S2/c1-20-5-7-22(8-6-20)29-27(25-14-13-24(19-26(25)40-29)39-41(36,37)30(31,32)33)28(35)21-9-11-23(12-10-21)38-18-17-34-15-3-2-4-16-34/h5-14,19H,2-4,15-18H2,1H3. The summed E-state index contributed by atoms with van der Waals surface area (Å²) in [4.78, 5) is 16.8. The molecule has 6 nitrogen and oxygen atoms in total. The number of piperidine rings is 1.